The zero-order valence-electron chi connectivity index (χ0n) is 15.7. The van der Waals surface area contributed by atoms with E-state index >= 15 is 0 Å². The highest BCUT2D eigenvalue weighted by Crippen LogP contribution is 2.34. The molecule has 0 aliphatic heterocycles. The number of carbonyl (C=O) groups excluding carboxylic acids is 2. The summed E-state index contributed by atoms with van der Waals surface area (Å²) in [6.45, 7) is -0.231. The van der Waals surface area contributed by atoms with Crippen molar-refractivity contribution in [3.05, 3.63) is 88.8 Å². The molecule has 2 amide bonds. The topological polar surface area (TPSA) is 67.4 Å². The quantitative estimate of drug-likeness (QED) is 0.429. The van der Waals surface area contributed by atoms with Crippen molar-refractivity contribution >= 4 is 44.8 Å². The summed E-state index contributed by atoms with van der Waals surface area (Å²) in [5.74, 6) is -0.391. The molecule has 0 saturated carbocycles. The number of ether oxygens (including phenoxy) is 1. The summed E-state index contributed by atoms with van der Waals surface area (Å²) in [6.07, 6.45) is 0. The third-order valence-corrected chi connectivity index (χ3v) is 6.06. The molecule has 30 heavy (non-hydrogen) atoms. The summed E-state index contributed by atoms with van der Waals surface area (Å²) in [5, 5.41) is 1.18. The molecular formula is C23H17ClN2O3S. The number of hydrogen-bond donors (Lipinski definition) is 2. The predicted molar refractivity (Wildman–Crippen MR) is 120 cm³/mol. The Morgan fingerprint density at radius 3 is 2.23 bits per heavy atom. The highest BCUT2D eigenvalue weighted by atomic mass is 35.5. The molecule has 0 aliphatic rings. The van der Waals surface area contributed by atoms with Crippen LogP contribution in [0, 0.1) is 0 Å². The molecule has 2 N–H and O–H groups in total. The molecule has 0 bridgehead atoms. The smallest absolute Gasteiger partial charge is 0.281 e. The van der Waals surface area contributed by atoms with Gasteiger partial charge in [0.15, 0.2) is 6.61 Å². The number of amides is 2. The van der Waals surface area contributed by atoms with Crippen molar-refractivity contribution in [2.45, 2.75) is 0 Å². The molecule has 7 heteroatoms. The monoisotopic (exact) mass is 436 g/mol. The average molecular weight is 437 g/mol. The number of benzene rings is 3. The fourth-order valence-electron chi connectivity index (χ4n) is 2.90. The van der Waals surface area contributed by atoms with E-state index in [2.05, 4.69) is 10.9 Å². The highest BCUT2D eigenvalue weighted by Gasteiger charge is 2.17. The van der Waals surface area contributed by atoms with Crippen LogP contribution < -0.4 is 15.6 Å². The van der Waals surface area contributed by atoms with E-state index in [1.807, 2.05) is 66.7 Å². The standard InChI is InChI=1S/C23H17ClN2O3S/c24-21-18-8-4-5-9-19(18)30-22(21)23(28)26-25-20(27)14-29-17-12-10-16(11-13-17)15-6-2-1-3-7-15/h1-13H,14H2,(H,25,27)(H,26,28). The predicted octanol–water partition coefficient (Wildman–Crippen LogP) is 5.06. The van der Waals surface area contributed by atoms with Crippen molar-refractivity contribution in [2.24, 2.45) is 0 Å². The third kappa shape index (κ3) is 4.45. The van der Waals surface area contributed by atoms with Gasteiger partial charge in [0.05, 0.1) is 5.02 Å². The van der Waals surface area contributed by atoms with E-state index in [9.17, 15) is 9.59 Å². The zero-order valence-corrected chi connectivity index (χ0v) is 17.3. The maximum absolute atomic E-state index is 12.3. The Morgan fingerprint density at radius 1 is 0.833 bits per heavy atom. The molecule has 4 aromatic rings. The fraction of sp³-hybridized carbons (Fsp3) is 0.0435. The Kier molecular flexibility index (Phi) is 5.97. The van der Waals surface area contributed by atoms with E-state index in [0.29, 0.717) is 15.6 Å². The minimum absolute atomic E-state index is 0.231. The van der Waals surface area contributed by atoms with Gasteiger partial charge in [-0.25, -0.2) is 0 Å². The number of thiophene rings is 1. The van der Waals surface area contributed by atoms with Gasteiger partial charge in [-0.1, -0.05) is 72.3 Å². The van der Waals surface area contributed by atoms with Gasteiger partial charge in [-0.15, -0.1) is 11.3 Å². The normalized spacial score (nSPS) is 10.6. The summed E-state index contributed by atoms with van der Waals surface area (Å²) in [5.41, 5.74) is 6.88. The average Bonchev–Trinajstić information content (AvgIpc) is 3.14. The van der Waals surface area contributed by atoms with Crippen molar-refractivity contribution in [3.63, 3.8) is 0 Å². The molecule has 150 valence electrons. The van der Waals surface area contributed by atoms with E-state index in [0.717, 1.165) is 21.2 Å². The van der Waals surface area contributed by atoms with E-state index < -0.39 is 11.8 Å². The molecular weight excluding hydrogens is 420 g/mol. The first kappa shape index (κ1) is 19.9. The molecule has 0 fully saturated rings. The van der Waals surface area contributed by atoms with E-state index in [1.54, 1.807) is 12.1 Å². The summed E-state index contributed by atoms with van der Waals surface area (Å²) in [7, 11) is 0. The molecule has 1 heterocycles. The first-order valence-electron chi connectivity index (χ1n) is 9.16. The summed E-state index contributed by atoms with van der Waals surface area (Å²) in [6, 6.07) is 24.9. The van der Waals surface area contributed by atoms with Gasteiger partial charge in [0.2, 0.25) is 0 Å². The Morgan fingerprint density at radius 2 is 1.50 bits per heavy atom. The molecule has 3 aromatic carbocycles. The second-order valence-corrected chi connectivity index (χ2v) is 7.85. The van der Waals surface area contributed by atoms with E-state index in [4.69, 9.17) is 16.3 Å². The first-order valence-corrected chi connectivity index (χ1v) is 10.4. The van der Waals surface area contributed by atoms with Crippen LogP contribution in [0.25, 0.3) is 21.2 Å². The molecule has 0 spiro atoms. The van der Waals surface area contributed by atoms with Crippen LogP contribution in [0.15, 0.2) is 78.9 Å². The summed E-state index contributed by atoms with van der Waals surface area (Å²) in [4.78, 5) is 24.7. The first-order chi connectivity index (χ1) is 14.6. The van der Waals surface area contributed by atoms with E-state index in [1.165, 1.54) is 11.3 Å². The lowest BCUT2D eigenvalue weighted by atomic mass is 10.1. The third-order valence-electron chi connectivity index (χ3n) is 4.39. The molecule has 4 rings (SSSR count). The van der Waals surface area contributed by atoms with Gasteiger partial charge in [0.25, 0.3) is 11.8 Å². The van der Waals surface area contributed by atoms with Crippen molar-refractivity contribution < 1.29 is 14.3 Å². The lowest BCUT2D eigenvalue weighted by Gasteiger charge is -2.09. The highest BCUT2D eigenvalue weighted by molar-refractivity contribution is 7.21. The Balaban J connectivity index is 1.29. The Bertz CT molecular complexity index is 1190. The van der Waals surface area contributed by atoms with Gasteiger partial charge >= 0.3 is 0 Å². The lowest BCUT2D eigenvalue weighted by molar-refractivity contribution is -0.123. The van der Waals surface area contributed by atoms with Gasteiger partial charge < -0.3 is 4.74 Å². The minimum atomic E-state index is -0.479. The van der Waals surface area contributed by atoms with Crippen LogP contribution in [0.4, 0.5) is 0 Å². The van der Waals surface area contributed by atoms with Crippen molar-refractivity contribution in [3.8, 4) is 16.9 Å². The van der Waals surface area contributed by atoms with E-state index in [-0.39, 0.29) is 6.61 Å². The molecule has 0 aliphatic carbocycles. The SMILES string of the molecule is O=C(COc1ccc(-c2ccccc2)cc1)NNC(=O)c1sc2ccccc2c1Cl. The van der Waals surface area contributed by atoms with Crippen molar-refractivity contribution in [1.82, 2.24) is 10.9 Å². The zero-order chi connectivity index (χ0) is 20.9. The number of hydrogen-bond acceptors (Lipinski definition) is 4. The van der Waals surface area contributed by atoms with Crippen LogP contribution >= 0.6 is 22.9 Å². The second kappa shape index (κ2) is 8.98. The van der Waals surface area contributed by atoms with Crippen LogP contribution in [0.2, 0.25) is 5.02 Å². The van der Waals surface area contributed by atoms with Gasteiger partial charge in [0.1, 0.15) is 10.6 Å². The largest absolute Gasteiger partial charge is 0.484 e. The second-order valence-electron chi connectivity index (χ2n) is 6.42. The van der Waals surface area contributed by atoms with Gasteiger partial charge in [-0.05, 0) is 29.3 Å². The number of halogens is 1. The van der Waals surface area contributed by atoms with Crippen LogP contribution in [0.3, 0.4) is 0 Å². The maximum Gasteiger partial charge on any atom is 0.281 e. The van der Waals surface area contributed by atoms with Gasteiger partial charge in [-0.2, -0.15) is 0 Å². The number of nitrogens with one attached hydrogen (secondary N) is 2. The van der Waals surface area contributed by atoms with Crippen LogP contribution in [0.5, 0.6) is 5.75 Å². The number of fused-ring (bicyclic) bond motifs is 1. The molecule has 5 nitrogen and oxygen atoms in total. The lowest BCUT2D eigenvalue weighted by Crippen LogP contribution is -2.43. The fourth-order valence-corrected chi connectivity index (χ4v) is 4.31. The van der Waals surface area contributed by atoms with Crippen LogP contribution in [0.1, 0.15) is 9.67 Å². The van der Waals surface area contributed by atoms with Crippen LogP contribution in [-0.4, -0.2) is 18.4 Å². The summed E-state index contributed by atoms with van der Waals surface area (Å²) < 4.78 is 6.39. The molecule has 0 unspecified atom stereocenters. The maximum atomic E-state index is 12.3. The Labute approximate surface area is 182 Å². The molecule has 0 radical (unpaired) electrons. The van der Waals surface area contributed by atoms with Gasteiger partial charge in [0, 0.05) is 10.1 Å². The minimum Gasteiger partial charge on any atom is -0.484 e. The van der Waals surface area contributed by atoms with Gasteiger partial charge in [-0.3, -0.25) is 20.4 Å². The number of carbonyl (C=O) groups is 2. The number of rotatable bonds is 5. The molecule has 0 atom stereocenters. The van der Waals surface area contributed by atoms with Crippen LogP contribution in [-0.2, 0) is 4.79 Å². The summed E-state index contributed by atoms with van der Waals surface area (Å²) >= 11 is 7.54. The van der Waals surface area contributed by atoms with Crippen molar-refractivity contribution in [2.75, 3.05) is 6.61 Å². The molecule has 0 saturated heterocycles. The number of hydrazine groups is 1. The molecule has 1 aromatic heterocycles. The van der Waals surface area contributed by atoms with Crippen molar-refractivity contribution in [1.29, 1.82) is 0 Å². The Hall–Kier alpha value is -3.35.